The van der Waals surface area contributed by atoms with E-state index in [1.165, 1.54) is 35.2 Å². The van der Waals surface area contributed by atoms with Gasteiger partial charge in [-0.2, -0.15) is 0 Å². The van der Waals surface area contributed by atoms with E-state index in [2.05, 4.69) is 45.9 Å². The molecule has 6 heteroatoms. The molecule has 0 spiro atoms. The molecule has 0 aliphatic heterocycles. The zero-order valence-electron chi connectivity index (χ0n) is 21.0. The number of hydrogen-bond donors (Lipinski definition) is 4. The molecule has 2 aromatic carbocycles. The first-order chi connectivity index (χ1) is 17.7. The van der Waals surface area contributed by atoms with Gasteiger partial charge in [0.1, 0.15) is 0 Å². The summed E-state index contributed by atoms with van der Waals surface area (Å²) >= 11 is 0. The van der Waals surface area contributed by atoms with E-state index >= 15 is 0 Å². The lowest BCUT2D eigenvalue weighted by molar-refractivity contribution is -0.122. The van der Waals surface area contributed by atoms with Crippen LogP contribution in [0.2, 0.25) is 0 Å². The number of aryl methyl sites for hydroxylation is 1. The van der Waals surface area contributed by atoms with E-state index in [9.17, 15) is 4.79 Å². The number of fused-ring (bicyclic) bond motifs is 3. The van der Waals surface area contributed by atoms with Crippen molar-refractivity contribution in [3.8, 4) is 0 Å². The molecule has 5 N–H and O–H groups in total. The average Bonchev–Trinajstić information content (AvgIpc) is 3.32. The summed E-state index contributed by atoms with van der Waals surface area (Å²) in [5.74, 6) is -0.0729. The number of carbonyl (C=O) groups is 1. The third kappa shape index (κ3) is 5.54. The van der Waals surface area contributed by atoms with E-state index in [4.69, 9.17) is 10.7 Å². The second-order valence-corrected chi connectivity index (χ2v) is 9.94. The first-order valence-electron chi connectivity index (χ1n) is 13.4. The standard InChI is InChI=1S/C30H37N5O/c31-25(19-21-20-34-26-14-6-3-11-22(21)26)30(36)33-18-10-2-1-9-17-32-29-23-12-4-7-15-27(23)35-28-16-8-5-13-24(28)29/h3-4,6-7,11-12,14-15,20,25,34H,1-2,5,8-10,13,16-19,31H2,(H,32,35)(H,33,36). The lowest BCUT2D eigenvalue weighted by Gasteiger charge is -2.21. The van der Waals surface area contributed by atoms with Crippen molar-refractivity contribution in [3.05, 3.63) is 71.5 Å². The molecular formula is C30H37N5O. The number of aromatic nitrogens is 2. The van der Waals surface area contributed by atoms with E-state index in [-0.39, 0.29) is 5.91 Å². The molecule has 36 heavy (non-hydrogen) atoms. The summed E-state index contributed by atoms with van der Waals surface area (Å²) < 4.78 is 0. The molecule has 1 unspecified atom stereocenters. The van der Waals surface area contributed by atoms with Gasteiger partial charge in [0.25, 0.3) is 0 Å². The first kappa shape index (κ1) is 24.3. The number of benzene rings is 2. The highest BCUT2D eigenvalue weighted by Crippen LogP contribution is 2.33. The molecule has 2 heterocycles. The number of para-hydroxylation sites is 2. The molecule has 0 saturated carbocycles. The van der Waals surface area contributed by atoms with Crippen molar-refractivity contribution in [2.45, 2.75) is 63.8 Å². The lowest BCUT2D eigenvalue weighted by atomic mass is 9.92. The molecule has 1 atom stereocenters. The molecule has 5 rings (SSSR count). The second kappa shape index (κ2) is 11.6. The fraction of sp³-hybridized carbons (Fsp3) is 0.400. The Balaban J connectivity index is 1.02. The van der Waals surface area contributed by atoms with Gasteiger partial charge in [-0.05, 0) is 68.2 Å². The number of carbonyl (C=O) groups excluding carboxylic acids is 1. The quantitative estimate of drug-likeness (QED) is 0.219. The van der Waals surface area contributed by atoms with Crippen LogP contribution in [0.15, 0.2) is 54.7 Å². The molecule has 1 aliphatic rings. The van der Waals surface area contributed by atoms with Crippen molar-refractivity contribution >= 4 is 33.4 Å². The smallest absolute Gasteiger partial charge is 0.237 e. The number of amides is 1. The van der Waals surface area contributed by atoms with Gasteiger partial charge in [-0.25, -0.2) is 0 Å². The van der Waals surface area contributed by atoms with Gasteiger partial charge in [-0.15, -0.1) is 0 Å². The summed E-state index contributed by atoms with van der Waals surface area (Å²) in [7, 11) is 0. The van der Waals surface area contributed by atoms with Gasteiger partial charge < -0.3 is 21.4 Å². The van der Waals surface area contributed by atoms with Crippen molar-refractivity contribution in [1.29, 1.82) is 0 Å². The number of pyridine rings is 1. The molecule has 0 bridgehead atoms. The Morgan fingerprint density at radius 3 is 2.58 bits per heavy atom. The predicted molar refractivity (Wildman–Crippen MR) is 148 cm³/mol. The molecule has 188 valence electrons. The zero-order chi connectivity index (χ0) is 24.7. The van der Waals surface area contributed by atoms with Gasteiger partial charge >= 0.3 is 0 Å². The number of rotatable bonds is 11. The highest BCUT2D eigenvalue weighted by atomic mass is 16.2. The van der Waals surface area contributed by atoms with Crippen molar-refractivity contribution in [1.82, 2.24) is 15.3 Å². The minimum Gasteiger partial charge on any atom is -0.384 e. The fourth-order valence-electron chi connectivity index (χ4n) is 5.36. The Hall–Kier alpha value is -3.38. The average molecular weight is 484 g/mol. The lowest BCUT2D eigenvalue weighted by Crippen LogP contribution is -2.42. The highest BCUT2D eigenvalue weighted by Gasteiger charge is 2.18. The molecule has 1 amide bonds. The summed E-state index contributed by atoms with van der Waals surface area (Å²) in [4.78, 5) is 20.6. The van der Waals surface area contributed by atoms with Crippen molar-refractivity contribution in [3.63, 3.8) is 0 Å². The van der Waals surface area contributed by atoms with Gasteiger partial charge in [0.2, 0.25) is 5.91 Å². The molecule has 6 nitrogen and oxygen atoms in total. The number of nitrogens with one attached hydrogen (secondary N) is 3. The van der Waals surface area contributed by atoms with E-state index in [0.29, 0.717) is 13.0 Å². The zero-order valence-corrected chi connectivity index (χ0v) is 21.0. The van der Waals surface area contributed by atoms with Gasteiger partial charge in [-0.3, -0.25) is 9.78 Å². The topological polar surface area (TPSA) is 95.8 Å². The van der Waals surface area contributed by atoms with Crippen molar-refractivity contribution < 1.29 is 4.79 Å². The van der Waals surface area contributed by atoms with Crippen LogP contribution in [0.4, 0.5) is 5.69 Å². The Kier molecular flexibility index (Phi) is 7.82. The number of unbranched alkanes of at least 4 members (excludes halogenated alkanes) is 3. The third-order valence-electron chi connectivity index (χ3n) is 7.33. The van der Waals surface area contributed by atoms with Crippen LogP contribution in [-0.2, 0) is 24.1 Å². The van der Waals surface area contributed by atoms with Crippen LogP contribution in [0.1, 0.15) is 55.3 Å². The predicted octanol–water partition coefficient (Wildman–Crippen LogP) is 5.25. The summed E-state index contributed by atoms with van der Waals surface area (Å²) in [6.45, 7) is 1.64. The summed E-state index contributed by atoms with van der Waals surface area (Å²) in [6, 6.07) is 16.1. The van der Waals surface area contributed by atoms with Crippen LogP contribution in [0.5, 0.6) is 0 Å². The molecule has 0 saturated heterocycles. The Morgan fingerprint density at radius 2 is 1.69 bits per heavy atom. The summed E-state index contributed by atoms with van der Waals surface area (Å²) in [5, 5.41) is 9.14. The Morgan fingerprint density at radius 1 is 0.944 bits per heavy atom. The minimum atomic E-state index is -0.533. The number of H-pyrrole nitrogens is 1. The van der Waals surface area contributed by atoms with Crippen LogP contribution in [0.3, 0.4) is 0 Å². The van der Waals surface area contributed by atoms with Crippen molar-refractivity contribution in [2.24, 2.45) is 5.73 Å². The molecule has 2 aromatic heterocycles. The maximum absolute atomic E-state index is 12.5. The van der Waals surface area contributed by atoms with E-state index < -0.39 is 6.04 Å². The Labute approximate surface area is 213 Å². The second-order valence-electron chi connectivity index (χ2n) is 9.94. The molecule has 4 aromatic rings. The van der Waals surface area contributed by atoms with Gasteiger partial charge in [0, 0.05) is 47.0 Å². The number of hydrogen-bond acceptors (Lipinski definition) is 4. The van der Waals surface area contributed by atoms with E-state index in [1.807, 2.05) is 24.4 Å². The van der Waals surface area contributed by atoms with Crippen molar-refractivity contribution in [2.75, 3.05) is 18.4 Å². The fourth-order valence-corrected chi connectivity index (χ4v) is 5.36. The third-order valence-corrected chi connectivity index (χ3v) is 7.33. The van der Waals surface area contributed by atoms with Crippen LogP contribution < -0.4 is 16.4 Å². The van der Waals surface area contributed by atoms with E-state index in [0.717, 1.165) is 67.1 Å². The first-order valence-corrected chi connectivity index (χ1v) is 13.4. The minimum absolute atomic E-state index is 0.0729. The van der Waals surface area contributed by atoms with Crippen LogP contribution in [-0.4, -0.2) is 35.0 Å². The number of nitrogens with zero attached hydrogens (tertiary/aromatic N) is 1. The summed E-state index contributed by atoms with van der Waals surface area (Å²) in [6.07, 6.45) is 11.5. The monoisotopic (exact) mass is 483 g/mol. The normalized spacial score (nSPS) is 14.0. The maximum Gasteiger partial charge on any atom is 0.237 e. The largest absolute Gasteiger partial charge is 0.384 e. The van der Waals surface area contributed by atoms with Gasteiger partial charge in [0.05, 0.1) is 11.6 Å². The Bertz CT molecular complexity index is 1330. The SMILES string of the molecule is NC(Cc1c[nH]c2ccccc12)C(=O)NCCCCCCNc1c2c(nc3ccccc13)CCCC2. The molecule has 1 aliphatic carbocycles. The van der Waals surface area contributed by atoms with Crippen LogP contribution in [0.25, 0.3) is 21.8 Å². The van der Waals surface area contributed by atoms with Gasteiger partial charge in [0.15, 0.2) is 0 Å². The highest BCUT2D eigenvalue weighted by molar-refractivity contribution is 5.93. The number of nitrogens with two attached hydrogens (primary N) is 1. The number of anilines is 1. The molecule has 0 fully saturated rings. The number of aromatic amines is 1. The van der Waals surface area contributed by atoms with E-state index in [1.54, 1.807) is 0 Å². The molecule has 0 radical (unpaired) electrons. The van der Waals surface area contributed by atoms with Crippen LogP contribution in [0, 0.1) is 0 Å². The van der Waals surface area contributed by atoms with Gasteiger partial charge in [-0.1, -0.05) is 49.2 Å². The summed E-state index contributed by atoms with van der Waals surface area (Å²) in [5.41, 5.74) is 13.4. The molecular weight excluding hydrogens is 446 g/mol. The maximum atomic E-state index is 12.5. The van der Waals surface area contributed by atoms with Crippen LogP contribution >= 0.6 is 0 Å².